The van der Waals surface area contributed by atoms with Crippen LogP contribution in [-0.4, -0.2) is 72.1 Å². The average Bonchev–Trinajstić information content (AvgIpc) is 3.00. The monoisotopic (exact) mass is 618 g/mol. The van der Waals surface area contributed by atoms with Gasteiger partial charge in [-0.1, -0.05) is 32.9 Å². The minimum atomic E-state index is -1.01. The Morgan fingerprint density at radius 1 is 0.977 bits per heavy atom. The summed E-state index contributed by atoms with van der Waals surface area (Å²) in [5, 5.41) is 16.3. The highest BCUT2D eigenvalue weighted by Crippen LogP contribution is 2.42. The highest BCUT2D eigenvalue weighted by molar-refractivity contribution is 5.89. The van der Waals surface area contributed by atoms with E-state index in [0.29, 0.717) is 18.9 Å². The van der Waals surface area contributed by atoms with Gasteiger partial charge in [0.25, 0.3) is 0 Å². The summed E-state index contributed by atoms with van der Waals surface area (Å²) in [6, 6.07) is 0. The first-order valence-corrected chi connectivity index (χ1v) is 17.1. The Morgan fingerprint density at radius 3 is 2.50 bits per heavy atom. The van der Waals surface area contributed by atoms with E-state index < -0.39 is 17.8 Å². The number of allylic oxidation sites excluding steroid dienone is 3. The van der Waals surface area contributed by atoms with E-state index in [4.69, 9.17) is 14.2 Å². The first kappa shape index (κ1) is 36.4. The summed E-state index contributed by atoms with van der Waals surface area (Å²) in [6.45, 7) is 12.1. The zero-order valence-corrected chi connectivity index (χ0v) is 27.6. The molecule has 3 N–H and O–H groups in total. The van der Waals surface area contributed by atoms with E-state index in [1.165, 1.54) is 0 Å². The normalized spacial score (nSPS) is 32.2. The minimum Gasteiger partial charge on any atom is -0.390 e. The van der Waals surface area contributed by atoms with Crippen LogP contribution in [0, 0.1) is 17.8 Å². The molecular formula is C35H58N2O7. The van der Waals surface area contributed by atoms with Crippen LogP contribution in [0.25, 0.3) is 0 Å². The lowest BCUT2D eigenvalue weighted by Crippen LogP contribution is -2.50. The van der Waals surface area contributed by atoms with Gasteiger partial charge in [0.1, 0.15) is 0 Å². The van der Waals surface area contributed by atoms with Crippen molar-refractivity contribution in [3.8, 4) is 0 Å². The Bertz CT molecular complexity index is 971. The molecule has 1 spiro atoms. The number of nitrogens with one attached hydrogen (secondary N) is 2. The van der Waals surface area contributed by atoms with Crippen LogP contribution < -0.4 is 10.6 Å². The summed E-state index contributed by atoms with van der Waals surface area (Å²) < 4.78 is 19.2. The third-order valence-electron chi connectivity index (χ3n) is 9.72. The summed E-state index contributed by atoms with van der Waals surface area (Å²) in [5.41, 5.74) is 0. The van der Waals surface area contributed by atoms with Crippen molar-refractivity contribution in [1.82, 2.24) is 10.6 Å². The van der Waals surface area contributed by atoms with Gasteiger partial charge in [-0.2, -0.15) is 0 Å². The van der Waals surface area contributed by atoms with E-state index >= 15 is 0 Å². The first-order valence-electron chi connectivity index (χ1n) is 17.1. The third-order valence-corrected chi connectivity index (χ3v) is 9.72. The number of rotatable bonds is 16. The lowest BCUT2D eigenvalue weighted by atomic mass is 9.85. The van der Waals surface area contributed by atoms with Gasteiger partial charge in [-0.15, -0.1) is 6.58 Å². The third kappa shape index (κ3) is 11.4. The van der Waals surface area contributed by atoms with Gasteiger partial charge in [-0.3, -0.25) is 14.4 Å². The number of ether oxygens (including phenoxy) is 3. The quantitative estimate of drug-likeness (QED) is 0.124. The largest absolute Gasteiger partial charge is 0.390 e. The van der Waals surface area contributed by atoms with Gasteiger partial charge in [0.2, 0.25) is 11.8 Å². The maximum atomic E-state index is 12.7. The highest BCUT2D eigenvalue weighted by atomic mass is 16.7. The summed E-state index contributed by atoms with van der Waals surface area (Å²) in [4.78, 5) is 37.4. The molecule has 250 valence electrons. The minimum absolute atomic E-state index is 0.0129. The predicted molar refractivity (Wildman–Crippen MR) is 171 cm³/mol. The Hall–Kier alpha value is -2.07. The average molecular weight is 619 g/mol. The second kappa shape index (κ2) is 18.2. The predicted octanol–water partition coefficient (Wildman–Crippen LogP) is 5.15. The molecule has 3 saturated heterocycles. The molecule has 9 atom stereocenters. The van der Waals surface area contributed by atoms with Crippen molar-refractivity contribution >= 4 is 17.6 Å². The van der Waals surface area contributed by atoms with Gasteiger partial charge < -0.3 is 30.0 Å². The van der Waals surface area contributed by atoms with Crippen LogP contribution in [0.2, 0.25) is 0 Å². The van der Waals surface area contributed by atoms with E-state index in [1.54, 1.807) is 19.1 Å². The van der Waals surface area contributed by atoms with Gasteiger partial charge in [0, 0.05) is 32.4 Å². The fraction of sp³-hybridized carbons (Fsp3) is 0.800. The van der Waals surface area contributed by atoms with E-state index in [9.17, 15) is 19.5 Å². The number of carbonyl (C=O) groups is 3. The van der Waals surface area contributed by atoms with E-state index in [0.717, 1.165) is 70.6 Å². The Labute approximate surface area is 264 Å². The molecule has 44 heavy (non-hydrogen) atoms. The molecule has 3 rings (SSSR count). The molecular weight excluding hydrogens is 560 g/mol. The van der Waals surface area contributed by atoms with Crippen LogP contribution in [0.3, 0.4) is 0 Å². The van der Waals surface area contributed by atoms with Crippen molar-refractivity contribution in [2.75, 3.05) is 13.1 Å². The molecule has 0 aromatic heterocycles. The molecule has 3 fully saturated rings. The molecule has 1 unspecified atom stereocenters. The van der Waals surface area contributed by atoms with Crippen LogP contribution in [-0.2, 0) is 28.6 Å². The van der Waals surface area contributed by atoms with Crippen LogP contribution >= 0.6 is 0 Å². The summed E-state index contributed by atoms with van der Waals surface area (Å²) in [5.74, 6) is -0.947. The molecule has 0 aromatic rings. The molecule has 0 aromatic carbocycles. The lowest BCUT2D eigenvalue weighted by Gasteiger charge is -2.48. The van der Waals surface area contributed by atoms with Gasteiger partial charge in [-0.05, 0) is 82.6 Å². The van der Waals surface area contributed by atoms with Crippen molar-refractivity contribution in [3.05, 3.63) is 24.8 Å². The number of carbonyl (C=O) groups excluding carboxylic acids is 3. The molecule has 0 bridgehead atoms. The Kier molecular flexibility index (Phi) is 15.0. The van der Waals surface area contributed by atoms with Crippen molar-refractivity contribution in [3.63, 3.8) is 0 Å². The number of hydrogen-bond donors (Lipinski definition) is 3. The molecule has 3 aliphatic heterocycles. The molecule has 0 radical (unpaired) electrons. The van der Waals surface area contributed by atoms with Gasteiger partial charge in [-0.25, -0.2) is 0 Å². The maximum absolute atomic E-state index is 12.7. The van der Waals surface area contributed by atoms with Gasteiger partial charge >= 0.3 is 0 Å². The van der Waals surface area contributed by atoms with E-state index in [2.05, 4.69) is 24.1 Å². The van der Waals surface area contributed by atoms with Crippen LogP contribution in [0.1, 0.15) is 111 Å². The number of aliphatic hydroxyl groups excluding tert-OH is 1. The molecule has 0 saturated carbocycles. The van der Waals surface area contributed by atoms with E-state index in [1.807, 2.05) is 19.9 Å². The van der Waals surface area contributed by atoms with E-state index in [-0.39, 0.29) is 60.9 Å². The second-order valence-corrected chi connectivity index (χ2v) is 13.4. The molecule has 3 heterocycles. The fourth-order valence-corrected chi connectivity index (χ4v) is 6.69. The van der Waals surface area contributed by atoms with Crippen molar-refractivity contribution in [2.45, 2.75) is 147 Å². The van der Waals surface area contributed by atoms with Crippen LogP contribution in [0.15, 0.2) is 24.8 Å². The van der Waals surface area contributed by atoms with Gasteiger partial charge in [0.15, 0.2) is 11.6 Å². The zero-order chi connectivity index (χ0) is 32.1. The Morgan fingerprint density at radius 2 is 1.75 bits per heavy atom. The molecule has 9 nitrogen and oxygen atoms in total. The first-order chi connectivity index (χ1) is 21.1. The van der Waals surface area contributed by atoms with Crippen LogP contribution in [0.5, 0.6) is 0 Å². The SMILES string of the molecule is C=CCC[C@@H]1CCC[C@]2(CC[C@H](C)[C@@H](CCCNC(=O)[C@@H](C)[C@@H](O)CNC(=O)C[C@@H]3OC(CC(=O)/C=C/C)CC[C@@H]3C)O2)O1. The maximum Gasteiger partial charge on any atom is 0.225 e. The smallest absolute Gasteiger partial charge is 0.225 e. The van der Waals surface area contributed by atoms with Crippen LogP contribution in [0.4, 0.5) is 0 Å². The zero-order valence-electron chi connectivity index (χ0n) is 27.6. The number of ketones is 1. The van der Waals surface area contributed by atoms with Crippen molar-refractivity contribution < 1.29 is 33.7 Å². The number of aliphatic hydroxyl groups is 1. The number of hydrogen-bond acceptors (Lipinski definition) is 7. The second-order valence-electron chi connectivity index (χ2n) is 13.4. The number of amides is 2. The topological polar surface area (TPSA) is 123 Å². The Balaban J connectivity index is 1.34. The lowest BCUT2D eigenvalue weighted by molar-refractivity contribution is -0.324. The molecule has 9 heteroatoms. The molecule has 3 aliphatic rings. The highest BCUT2D eigenvalue weighted by Gasteiger charge is 2.44. The summed E-state index contributed by atoms with van der Waals surface area (Å²) in [6.07, 6.45) is 14.9. The standard InChI is InChI=1S/C35H58N2O7/c1-6-8-12-28-13-9-18-35(43-28)19-17-25(4)31(44-35)14-10-20-36-34(41)26(5)30(39)23-37-33(40)22-32-24(3)15-16-29(42-32)21-27(38)11-7-2/h6-7,11,24-26,28-32,39H,1,8-10,12-23H2,2-5H3,(H,36,41)(H,37,40)/b11-7+/t24-,25-,26-,28+,29?,30-,31+,32-,35-/m0/s1. The van der Waals surface area contributed by atoms with Crippen molar-refractivity contribution in [1.29, 1.82) is 0 Å². The molecule has 0 aliphatic carbocycles. The van der Waals surface area contributed by atoms with Crippen molar-refractivity contribution in [2.24, 2.45) is 17.8 Å². The summed E-state index contributed by atoms with van der Waals surface area (Å²) >= 11 is 0. The summed E-state index contributed by atoms with van der Waals surface area (Å²) in [7, 11) is 0. The molecule has 2 amide bonds. The van der Waals surface area contributed by atoms with Gasteiger partial charge in [0.05, 0.1) is 42.9 Å². The fourth-order valence-electron chi connectivity index (χ4n) is 6.69.